The first-order chi connectivity index (χ1) is 5.75. The maximum absolute atomic E-state index is 11.1. The summed E-state index contributed by atoms with van der Waals surface area (Å²) in [7, 11) is 0. The van der Waals surface area contributed by atoms with Crippen LogP contribution in [0.15, 0.2) is 30.3 Å². The lowest BCUT2D eigenvalue weighted by atomic mass is 10.3. The Morgan fingerprint density at radius 3 is 2.23 bits per heavy atom. The average Bonchev–Trinajstić information content (AvgIpc) is 2.07. The number of rotatable bonds is 2. The number of para-hydroxylation sites is 1. The minimum absolute atomic E-state index is 0. The summed E-state index contributed by atoms with van der Waals surface area (Å²) < 4.78 is 0. The number of carbonyl (C=O) groups is 1. The summed E-state index contributed by atoms with van der Waals surface area (Å²) in [5, 5.41) is 0. The highest BCUT2D eigenvalue weighted by Crippen LogP contribution is 2.12. The van der Waals surface area contributed by atoms with Crippen molar-refractivity contribution in [3.8, 4) is 0 Å². The second-order valence-electron chi connectivity index (χ2n) is 2.60. The number of anilines is 1. The van der Waals surface area contributed by atoms with Crippen LogP contribution in [0.4, 0.5) is 5.69 Å². The zero-order valence-corrected chi connectivity index (χ0v) is 7.95. The van der Waals surface area contributed by atoms with Crippen LogP contribution in [0.1, 0.15) is 13.8 Å². The third-order valence-electron chi connectivity index (χ3n) is 1.76. The van der Waals surface area contributed by atoms with Gasteiger partial charge in [0.1, 0.15) is 0 Å². The topological polar surface area (TPSA) is 51.8 Å². The Hall–Kier alpha value is -1.35. The number of amides is 1. The minimum Gasteiger partial charge on any atom is -0.412 e. The molecule has 0 saturated carbocycles. The van der Waals surface area contributed by atoms with Gasteiger partial charge in [-0.2, -0.15) is 0 Å². The summed E-state index contributed by atoms with van der Waals surface area (Å²) in [5.41, 5.74) is 0.965. The summed E-state index contributed by atoms with van der Waals surface area (Å²) in [6.45, 7) is 4.27. The van der Waals surface area contributed by atoms with E-state index in [2.05, 4.69) is 0 Å². The van der Waals surface area contributed by atoms with E-state index in [-0.39, 0.29) is 11.4 Å². The molecule has 1 aromatic carbocycles. The minimum atomic E-state index is 0. The molecule has 0 unspecified atom stereocenters. The fourth-order valence-corrected chi connectivity index (χ4v) is 1.19. The molecule has 3 heteroatoms. The molecule has 0 bridgehead atoms. The Kier molecular flexibility index (Phi) is 4.77. The van der Waals surface area contributed by atoms with E-state index in [9.17, 15) is 4.79 Å². The van der Waals surface area contributed by atoms with Gasteiger partial charge in [-0.25, -0.2) is 0 Å². The zero-order chi connectivity index (χ0) is 8.97. The van der Waals surface area contributed by atoms with Crippen LogP contribution in [-0.4, -0.2) is 17.9 Å². The SMILES string of the molecule is CCN(C(C)=O)c1ccccc1.O. The van der Waals surface area contributed by atoms with Crippen LogP contribution >= 0.6 is 0 Å². The van der Waals surface area contributed by atoms with Gasteiger partial charge in [0.25, 0.3) is 0 Å². The van der Waals surface area contributed by atoms with Crippen molar-refractivity contribution >= 4 is 11.6 Å². The van der Waals surface area contributed by atoms with Crippen molar-refractivity contribution in [2.45, 2.75) is 13.8 Å². The molecule has 0 spiro atoms. The lowest BCUT2D eigenvalue weighted by Gasteiger charge is -2.18. The van der Waals surface area contributed by atoms with Gasteiger partial charge >= 0.3 is 0 Å². The van der Waals surface area contributed by atoms with E-state index in [4.69, 9.17) is 0 Å². The van der Waals surface area contributed by atoms with Crippen LogP contribution in [0.5, 0.6) is 0 Å². The van der Waals surface area contributed by atoms with Gasteiger partial charge in [0.2, 0.25) is 5.91 Å². The van der Waals surface area contributed by atoms with Crippen molar-refractivity contribution in [3.05, 3.63) is 30.3 Å². The molecule has 0 atom stereocenters. The Morgan fingerprint density at radius 1 is 1.31 bits per heavy atom. The van der Waals surface area contributed by atoms with Gasteiger partial charge in [0.05, 0.1) is 0 Å². The first-order valence-electron chi connectivity index (χ1n) is 4.09. The summed E-state index contributed by atoms with van der Waals surface area (Å²) in [5.74, 6) is 0.0868. The lowest BCUT2D eigenvalue weighted by molar-refractivity contribution is -0.116. The van der Waals surface area contributed by atoms with Crippen LogP contribution in [0.3, 0.4) is 0 Å². The van der Waals surface area contributed by atoms with E-state index in [1.807, 2.05) is 37.3 Å². The van der Waals surface area contributed by atoms with Crippen LogP contribution in [0.25, 0.3) is 0 Å². The molecule has 0 heterocycles. The molecule has 1 aromatic rings. The quantitative estimate of drug-likeness (QED) is 0.677. The molecule has 1 amide bonds. The van der Waals surface area contributed by atoms with Crippen LogP contribution in [0, 0.1) is 0 Å². The van der Waals surface area contributed by atoms with E-state index >= 15 is 0 Å². The molecule has 3 nitrogen and oxygen atoms in total. The Bertz CT molecular complexity index is 259. The maximum Gasteiger partial charge on any atom is 0.223 e. The Morgan fingerprint density at radius 2 is 1.85 bits per heavy atom. The molecule has 13 heavy (non-hydrogen) atoms. The Labute approximate surface area is 78.3 Å². The molecule has 0 aliphatic rings. The average molecular weight is 181 g/mol. The zero-order valence-electron chi connectivity index (χ0n) is 7.95. The van der Waals surface area contributed by atoms with Gasteiger partial charge in [-0.3, -0.25) is 4.79 Å². The second kappa shape index (κ2) is 5.32. The normalized spacial score (nSPS) is 8.77. The van der Waals surface area contributed by atoms with Crippen LogP contribution < -0.4 is 4.90 Å². The number of hydrogen-bond acceptors (Lipinski definition) is 1. The van der Waals surface area contributed by atoms with Crippen LogP contribution in [0.2, 0.25) is 0 Å². The largest absolute Gasteiger partial charge is 0.412 e. The number of hydrogen-bond donors (Lipinski definition) is 0. The standard InChI is InChI=1S/C10H13NO.H2O/c1-3-11(9(2)12)10-7-5-4-6-8-10;/h4-8H,3H2,1-2H3;1H2. The number of benzene rings is 1. The smallest absolute Gasteiger partial charge is 0.223 e. The van der Waals surface area contributed by atoms with Gasteiger partial charge < -0.3 is 10.4 Å². The third-order valence-corrected chi connectivity index (χ3v) is 1.76. The van der Waals surface area contributed by atoms with Crippen molar-refractivity contribution in [2.24, 2.45) is 0 Å². The molecule has 1 rings (SSSR count). The second-order valence-corrected chi connectivity index (χ2v) is 2.60. The van der Waals surface area contributed by atoms with E-state index < -0.39 is 0 Å². The van der Waals surface area contributed by atoms with Crippen molar-refractivity contribution in [1.29, 1.82) is 0 Å². The molecule has 0 saturated heterocycles. The number of nitrogens with zero attached hydrogens (tertiary/aromatic N) is 1. The summed E-state index contributed by atoms with van der Waals surface area (Å²) in [6, 6.07) is 9.68. The Balaban J connectivity index is 0.00000144. The number of carbonyl (C=O) groups excluding carboxylic acids is 1. The molecule has 2 N–H and O–H groups in total. The van der Waals surface area contributed by atoms with Gasteiger partial charge in [0.15, 0.2) is 0 Å². The molecular formula is C10H15NO2. The molecule has 0 fully saturated rings. The van der Waals surface area contributed by atoms with E-state index in [0.29, 0.717) is 0 Å². The van der Waals surface area contributed by atoms with E-state index in [1.165, 1.54) is 0 Å². The summed E-state index contributed by atoms with van der Waals surface area (Å²) in [4.78, 5) is 12.8. The summed E-state index contributed by atoms with van der Waals surface area (Å²) >= 11 is 0. The van der Waals surface area contributed by atoms with Crippen molar-refractivity contribution in [2.75, 3.05) is 11.4 Å². The highest BCUT2D eigenvalue weighted by Gasteiger charge is 2.06. The van der Waals surface area contributed by atoms with Crippen molar-refractivity contribution < 1.29 is 10.3 Å². The lowest BCUT2D eigenvalue weighted by Crippen LogP contribution is -2.27. The fourth-order valence-electron chi connectivity index (χ4n) is 1.19. The van der Waals surface area contributed by atoms with E-state index in [0.717, 1.165) is 12.2 Å². The third kappa shape index (κ3) is 2.87. The van der Waals surface area contributed by atoms with Crippen LogP contribution in [-0.2, 0) is 4.79 Å². The molecule has 0 aromatic heterocycles. The molecule has 0 aliphatic heterocycles. The van der Waals surface area contributed by atoms with Gasteiger partial charge in [-0.15, -0.1) is 0 Å². The molecule has 0 radical (unpaired) electrons. The predicted octanol–water partition coefficient (Wildman–Crippen LogP) is 1.23. The molecular weight excluding hydrogens is 166 g/mol. The monoisotopic (exact) mass is 181 g/mol. The highest BCUT2D eigenvalue weighted by atomic mass is 16.2. The first kappa shape index (κ1) is 11.6. The first-order valence-corrected chi connectivity index (χ1v) is 4.09. The van der Waals surface area contributed by atoms with Crippen molar-refractivity contribution in [3.63, 3.8) is 0 Å². The maximum atomic E-state index is 11.1. The highest BCUT2D eigenvalue weighted by molar-refractivity contribution is 5.91. The molecule has 0 aliphatic carbocycles. The van der Waals surface area contributed by atoms with Crippen molar-refractivity contribution in [1.82, 2.24) is 0 Å². The van der Waals surface area contributed by atoms with Gasteiger partial charge in [-0.05, 0) is 19.1 Å². The summed E-state index contributed by atoms with van der Waals surface area (Å²) in [6.07, 6.45) is 0. The molecule has 72 valence electrons. The predicted molar refractivity (Wildman–Crippen MR) is 53.8 cm³/mol. The van der Waals surface area contributed by atoms with Gasteiger partial charge in [0, 0.05) is 19.2 Å². The fraction of sp³-hybridized carbons (Fsp3) is 0.300. The van der Waals surface area contributed by atoms with Gasteiger partial charge in [-0.1, -0.05) is 18.2 Å². The van der Waals surface area contributed by atoms with E-state index in [1.54, 1.807) is 11.8 Å².